The normalized spacial score (nSPS) is 11.9. The number of nitro groups is 1. The van der Waals surface area contributed by atoms with Gasteiger partial charge in [-0.2, -0.15) is 0 Å². The maximum absolute atomic E-state index is 12.5. The zero-order chi connectivity index (χ0) is 14.7. The number of Topliss-reactive ketones (excluding diaryl/α,β-unsaturated/α-hetero) is 1. The van der Waals surface area contributed by atoms with Crippen LogP contribution < -0.4 is 0 Å². The van der Waals surface area contributed by atoms with Gasteiger partial charge in [0.05, 0.1) is 10.5 Å². The Morgan fingerprint density at radius 1 is 1.25 bits per heavy atom. The van der Waals surface area contributed by atoms with Crippen LogP contribution in [0, 0.1) is 17.0 Å². The van der Waals surface area contributed by atoms with E-state index in [0.717, 1.165) is 11.1 Å². The lowest BCUT2D eigenvalue weighted by Gasteiger charge is -2.11. The van der Waals surface area contributed by atoms with Crippen molar-refractivity contribution in [3.63, 3.8) is 0 Å². The lowest BCUT2D eigenvalue weighted by Crippen LogP contribution is -2.12. The van der Waals surface area contributed by atoms with Crippen LogP contribution in [0.1, 0.15) is 34.3 Å². The topological polar surface area (TPSA) is 73.1 Å². The third-order valence-corrected chi connectivity index (χ3v) is 3.21. The molecule has 20 heavy (non-hydrogen) atoms. The molecular formula is C15H14N2O3. The first-order valence-corrected chi connectivity index (χ1v) is 6.20. The van der Waals surface area contributed by atoms with Crippen LogP contribution in [0.2, 0.25) is 0 Å². The number of hydrogen-bond acceptors (Lipinski definition) is 4. The van der Waals surface area contributed by atoms with E-state index in [1.807, 2.05) is 0 Å². The number of ketones is 1. The number of nitrogens with zero attached hydrogens (tertiary/aromatic N) is 2. The zero-order valence-electron chi connectivity index (χ0n) is 11.2. The van der Waals surface area contributed by atoms with Crippen molar-refractivity contribution < 1.29 is 9.72 Å². The molecule has 2 aromatic rings. The Morgan fingerprint density at radius 3 is 2.50 bits per heavy atom. The fourth-order valence-corrected chi connectivity index (χ4v) is 2.04. The van der Waals surface area contributed by atoms with Crippen LogP contribution in [0.25, 0.3) is 0 Å². The van der Waals surface area contributed by atoms with Crippen molar-refractivity contribution in [3.8, 4) is 0 Å². The van der Waals surface area contributed by atoms with Crippen LogP contribution in [0.3, 0.4) is 0 Å². The fraction of sp³-hybridized carbons (Fsp3) is 0.200. The van der Waals surface area contributed by atoms with E-state index in [0.29, 0.717) is 0 Å². The zero-order valence-corrected chi connectivity index (χ0v) is 11.2. The lowest BCUT2D eigenvalue weighted by atomic mass is 9.91. The summed E-state index contributed by atoms with van der Waals surface area (Å²) >= 11 is 0. The van der Waals surface area contributed by atoms with Crippen molar-refractivity contribution >= 4 is 11.5 Å². The number of pyridine rings is 1. The molecular weight excluding hydrogens is 256 g/mol. The van der Waals surface area contributed by atoms with Crippen molar-refractivity contribution in [2.24, 2.45) is 0 Å². The Morgan fingerprint density at radius 2 is 1.90 bits per heavy atom. The molecule has 1 aromatic heterocycles. The molecule has 0 fully saturated rings. The minimum absolute atomic E-state index is 0.151. The molecule has 1 atom stereocenters. The highest BCUT2D eigenvalue weighted by atomic mass is 16.6. The third kappa shape index (κ3) is 2.71. The van der Waals surface area contributed by atoms with Crippen LogP contribution in [0.4, 0.5) is 5.69 Å². The molecule has 2 rings (SSSR count). The molecule has 0 aliphatic rings. The molecule has 0 radical (unpaired) electrons. The van der Waals surface area contributed by atoms with Crippen LogP contribution in [0.15, 0.2) is 42.7 Å². The molecule has 1 unspecified atom stereocenters. The summed E-state index contributed by atoms with van der Waals surface area (Å²) in [6, 6.07) is 8.06. The fourth-order valence-electron chi connectivity index (χ4n) is 2.04. The number of hydrogen-bond donors (Lipinski definition) is 0. The number of aryl methyl sites for hydroxylation is 1. The molecule has 0 N–H and O–H groups in total. The number of aromatic nitrogens is 1. The predicted molar refractivity (Wildman–Crippen MR) is 74.8 cm³/mol. The van der Waals surface area contributed by atoms with E-state index in [-0.39, 0.29) is 17.0 Å². The van der Waals surface area contributed by atoms with E-state index in [1.54, 1.807) is 50.5 Å². The first kappa shape index (κ1) is 13.9. The van der Waals surface area contributed by atoms with Gasteiger partial charge < -0.3 is 0 Å². The third-order valence-electron chi connectivity index (χ3n) is 3.21. The summed E-state index contributed by atoms with van der Waals surface area (Å²) < 4.78 is 0. The van der Waals surface area contributed by atoms with E-state index in [1.165, 1.54) is 6.07 Å². The maximum atomic E-state index is 12.5. The number of carbonyl (C=O) groups excluding carboxylic acids is 1. The summed E-state index contributed by atoms with van der Waals surface area (Å²) in [5.74, 6) is -0.704. The Bertz CT molecular complexity index is 653. The van der Waals surface area contributed by atoms with Gasteiger partial charge in [-0.15, -0.1) is 0 Å². The SMILES string of the molecule is Cc1ccc([N+](=O)[O-])c(C(=O)C(C)c2ccncc2)c1. The van der Waals surface area contributed by atoms with Crippen LogP contribution in [-0.2, 0) is 0 Å². The molecule has 1 heterocycles. The monoisotopic (exact) mass is 270 g/mol. The quantitative estimate of drug-likeness (QED) is 0.485. The molecule has 5 nitrogen and oxygen atoms in total. The highest BCUT2D eigenvalue weighted by Crippen LogP contribution is 2.27. The van der Waals surface area contributed by atoms with Crippen LogP contribution >= 0.6 is 0 Å². The lowest BCUT2D eigenvalue weighted by molar-refractivity contribution is -0.385. The minimum Gasteiger partial charge on any atom is -0.293 e. The van der Waals surface area contributed by atoms with Gasteiger partial charge in [-0.05, 0) is 36.2 Å². The maximum Gasteiger partial charge on any atom is 0.280 e. The Labute approximate surface area is 116 Å². The summed E-state index contributed by atoms with van der Waals surface area (Å²) in [6.07, 6.45) is 3.20. The second-order valence-corrected chi connectivity index (χ2v) is 4.64. The largest absolute Gasteiger partial charge is 0.293 e. The van der Waals surface area contributed by atoms with Gasteiger partial charge >= 0.3 is 0 Å². The number of carbonyl (C=O) groups is 1. The minimum atomic E-state index is -0.522. The Hall–Kier alpha value is -2.56. The standard InChI is InChI=1S/C15H14N2O3/c1-10-3-4-14(17(19)20)13(9-10)15(18)11(2)12-5-7-16-8-6-12/h3-9,11H,1-2H3. The van der Waals surface area contributed by atoms with Gasteiger partial charge in [0.2, 0.25) is 0 Å². The number of benzene rings is 1. The van der Waals surface area contributed by atoms with E-state index < -0.39 is 10.8 Å². The second kappa shape index (κ2) is 5.61. The second-order valence-electron chi connectivity index (χ2n) is 4.64. The first-order chi connectivity index (χ1) is 9.50. The average Bonchev–Trinajstić information content (AvgIpc) is 2.46. The van der Waals surface area contributed by atoms with Gasteiger partial charge in [-0.3, -0.25) is 19.9 Å². The van der Waals surface area contributed by atoms with Crippen molar-refractivity contribution in [1.82, 2.24) is 4.98 Å². The van der Waals surface area contributed by atoms with E-state index in [4.69, 9.17) is 0 Å². The van der Waals surface area contributed by atoms with Gasteiger partial charge in [-0.25, -0.2) is 0 Å². The Balaban J connectivity index is 2.43. The van der Waals surface area contributed by atoms with Gasteiger partial charge in [-0.1, -0.05) is 13.0 Å². The number of nitro benzene ring substituents is 1. The summed E-state index contributed by atoms with van der Waals surface area (Å²) in [7, 11) is 0. The molecule has 0 aliphatic carbocycles. The summed E-state index contributed by atoms with van der Waals surface area (Å²) in [4.78, 5) is 26.9. The molecule has 1 aromatic carbocycles. The van der Waals surface area contributed by atoms with E-state index in [2.05, 4.69) is 4.98 Å². The van der Waals surface area contributed by atoms with Gasteiger partial charge in [0.25, 0.3) is 5.69 Å². The van der Waals surface area contributed by atoms with Crippen molar-refractivity contribution in [1.29, 1.82) is 0 Å². The van der Waals surface area contributed by atoms with E-state index >= 15 is 0 Å². The van der Waals surface area contributed by atoms with Crippen molar-refractivity contribution in [2.45, 2.75) is 19.8 Å². The molecule has 0 bridgehead atoms. The summed E-state index contributed by atoms with van der Waals surface area (Å²) in [6.45, 7) is 3.54. The molecule has 0 saturated carbocycles. The van der Waals surface area contributed by atoms with Crippen LogP contribution in [0.5, 0.6) is 0 Å². The van der Waals surface area contributed by atoms with Crippen molar-refractivity contribution in [3.05, 3.63) is 69.5 Å². The molecule has 0 saturated heterocycles. The average molecular weight is 270 g/mol. The highest BCUT2D eigenvalue weighted by Gasteiger charge is 2.25. The molecule has 102 valence electrons. The van der Waals surface area contributed by atoms with E-state index in [9.17, 15) is 14.9 Å². The van der Waals surface area contributed by atoms with Crippen molar-refractivity contribution in [2.75, 3.05) is 0 Å². The van der Waals surface area contributed by atoms with Gasteiger partial charge in [0, 0.05) is 24.4 Å². The summed E-state index contributed by atoms with van der Waals surface area (Å²) in [5.41, 5.74) is 1.61. The van der Waals surface area contributed by atoms with Gasteiger partial charge in [0.1, 0.15) is 0 Å². The molecule has 5 heteroatoms. The van der Waals surface area contributed by atoms with Gasteiger partial charge in [0.15, 0.2) is 5.78 Å². The van der Waals surface area contributed by atoms with Crippen LogP contribution in [-0.4, -0.2) is 15.7 Å². The summed E-state index contributed by atoms with van der Waals surface area (Å²) in [5, 5.41) is 11.0. The molecule has 0 spiro atoms. The molecule has 0 aliphatic heterocycles. The first-order valence-electron chi connectivity index (χ1n) is 6.20. The predicted octanol–water partition coefficient (Wildman–Crippen LogP) is 3.28. The Kier molecular flexibility index (Phi) is 3.89. The smallest absolute Gasteiger partial charge is 0.280 e. The highest BCUT2D eigenvalue weighted by molar-refractivity contribution is 6.04. The molecule has 0 amide bonds. The number of rotatable bonds is 4.